The van der Waals surface area contributed by atoms with Crippen LogP contribution < -0.4 is 16.4 Å². The quantitative estimate of drug-likeness (QED) is 0.394. The maximum Gasteiger partial charge on any atom is 0.415 e. The third-order valence-corrected chi connectivity index (χ3v) is 5.89. The normalized spacial score (nSPS) is 18.0. The lowest BCUT2D eigenvalue weighted by atomic mass is 10.1. The SMILES string of the molecule is CN1Cc2ccc(N3CCOC(C(O)C(=O)Nc4ccc(-c5noc(O)n5)cc4)C3=O)cc2C1=O.N. The number of aromatic nitrogens is 2. The summed E-state index contributed by atoms with van der Waals surface area (Å²) in [5, 5.41) is 25.9. The molecule has 2 aliphatic rings. The van der Waals surface area contributed by atoms with Crippen molar-refractivity contribution in [2.45, 2.75) is 18.8 Å². The number of ether oxygens (including phenoxy) is 1. The maximum atomic E-state index is 13.1. The van der Waals surface area contributed by atoms with E-state index in [1.54, 1.807) is 54.4 Å². The van der Waals surface area contributed by atoms with Crippen LogP contribution in [0, 0.1) is 0 Å². The molecule has 0 aliphatic carbocycles. The van der Waals surface area contributed by atoms with Crippen molar-refractivity contribution in [3.63, 3.8) is 0 Å². The number of amides is 3. The van der Waals surface area contributed by atoms with Crippen molar-refractivity contribution in [1.82, 2.24) is 21.2 Å². The molecule has 2 atom stereocenters. The fourth-order valence-electron chi connectivity index (χ4n) is 4.08. The van der Waals surface area contributed by atoms with Crippen LogP contribution in [0.3, 0.4) is 0 Å². The van der Waals surface area contributed by atoms with E-state index in [0.717, 1.165) is 5.56 Å². The summed E-state index contributed by atoms with van der Waals surface area (Å²) in [6.45, 7) is 0.836. The van der Waals surface area contributed by atoms with Crippen LogP contribution >= 0.6 is 0 Å². The van der Waals surface area contributed by atoms with E-state index in [-0.39, 0.29) is 31.0 Å². The van der Waals surface area contributed by atoms with Gasteiger partial charge in [0.1, 0.15) is 0 Å². The highest BCUT2D eigenvalue weighted by atomic mass is 16.6. The highest BCUT2D eigenvalue weighted by Gasteiger charge is 2.40. The first-order valence-corrected chi connectivity index (χ1v) is 10.8. The topological polar surface area (TPSA) is 193 Å². The predicted octanol–water partition coefficient (Wildman–Crippen LogP) is 0.921. The lowest BCUT2D eigenvalue weighted by Crippen LogP contribution is -2.55. The number of aliphatic hydroxyl groups is 1. The zero-order chi connectivity index (χ0) is 24.7. The molecule has 13 nitrogen and oxygen atoms in total. The van der Waals surface area contributed by atoms with Gasteiger partial charge in [-0.1, -0.05) is 11.2 Å². The summed E-state index contributed by atoms with van der Waals surface area (Å²) in [6, 6.07) is 11.4. The van der Waals surface area contributed by atoms with E-state index in [2.05, 4.69) is 20.0 Å². The number of nitrogens with one attached hydrogen (secondary N) is 1. The van der Waals surface area contributed by atoms with Crippen LogP contribution in [-0.4, -0.2) is 75.4 Å². The smallest absolute Gasteiger partial charge is 0.415 e. The molecule has 3 heterocycles. The molecule has 13 heteroatoms. The molecule has 6 N–H and O–H groups in total. The Hall–Kier alpha value is -4.33. The molecule has 1 fully saturated rings. The Morgan fingerprint density at radius 2 is 1.94 bits per heavy atom. The average molecular weight is 496 g/mol. The Bertz CT molecular complexity index is 1310. The Kier molecular flexibility index (Phi) is 6.70. The van der Waals surface area contributed by atoms with Crippen LogP contribution in [0.5, 0.6) is 6.08 Å². The largest absolute Gasteiger partial charge is 0.464 e. The molecule has 0 bridgehead atoms. The molecule has 3 aromatic rings. The van der Waals surface area contributed by atoms with Crippen molar-refractivity contribution in [3.05, 3.63) is 53.6 Å². The molecule has 0 radical (unpaired) electrons. The molecule has 188 valence electrons. The number of nitrogens with zero attached hydrogens (tertiary/aromatic N) is 4. The van der Waals surface area contributed by atoms with Gasteiger partial charge in [-0.25, -0.2) is 0 Å². The van der Waals surface area contributed by atoms with Crippen molar-refractivity contribution in [2.24, 2.45) is 0 Å². The second-order valence-corrected chi connectivity index (χ2v) is 8.20. The molecular formula is C23H24N6O7. The van der Waals surface area contributed by atoms with Gasteiger partial charge in [0.15, 0.2) is 12.2 Å². The number of aliphatic hydroxyl groups excluding tert-OH is 1. The predicted molar refractivity (Wildman–Crippen MR) is 125 cm³/mol. The summed E-state index contributed by atoms with van der Waals surface area (Å²) in [5.74, 6) is -1.35. The summed E-state index contributed by atoms with van der Waals surface area (Å²) in [5.41, 5.74) is 2.79. The minimum atomic E-state index is -1.76. The first kappa shape index (κ1) is 24.8. The van der Waals surface area contributed by atoms with Gasteiger partial charge in [-0.05, 0) is 42.0 Å². The minimum Gasteiger partial charge on any atom is -0.464 e. The number of carbonyl (C=O) groups is 3. The third kappa shape index (κ3) is 4.49. The molecule has 2 unspecified atom stereocenters. The third-order valence-electron chi connectivity index (χ3n) is 5.89. The second kappa shape index (κ2) is 9.73. The first-order valence-electron chi connectivity index (χ1n) is 10.8. The lowest BCUT2D eigenvalue weighted by molar-refractivity contribution is -0.150. The Balaban J connectivity index is 0.00000304. The number of hydrogen-bond acceptors (Lipinski definition) is 10. The van der Waals surface area contributed by atoms with Crippen LogP contribution in [-0.2, 0) is 20.9 Å². The van der Waals surface area contributed by atoms with Gasteiger partial charge in [0.2, 0.25) is 5.82 Å². The molecule has 1 saturated heterocycles. The molecule has 36 heavy (non-hydrogen) atoms. The molecule has 5 rings (SSSR count). The van der Waals surface area contributed by atoms with Gasteiger partial charge in [0.25, 0.3) is 17.7 Å². The van der Waals surface area contributed by atoms with Crippen molar-refractivity contribution < 1.29 is 33.9 Å². The number of benzene rings is 2. The lowest BCUT2D eigenvalue weighted by Gasteiger charge is -2.34. The zero-order valence-electron chi connectivity index (χ0n) is 19.2. The Morgan fingerprint density at radius 1 is 1.19 bits per heavy atom. The maximum absolute atomic E-state index is 13.1. The van der Waals surface area contributed by atoms with Crippen LogP contribution in [0.4, 0.5) is 11.4 Å². The van der Waals surface area contributed by atoms with Crippen LogP contribution in [0.15, 0.2) is 47.0 Å². The highest BCUT2D eigenvalue weighted by molar-refractivity contribution is 6.05. The standard InChI is InChI=1S/C23H21N5O7.H3N/c1-27-11-13-4-7-15(10-16(13)21(27)31)28-8-9-34-18(22(28)32)17(29)20(30)24-14-5-2-12(3-6-14)19-25-23(33)35-26-19;/h2-7,10,17-18,29H,8-9,11H2,1H3,(H,24,30)(H,25,26,33);1H3. The number of carbonyl (C=O) groups excluding carboxylic acids is 3. The highest BCUT2D eigenvalue weighted by Crippen LogP contribution is 2.28. The number of aromatic hydroxyl groups is 1. The molecular weight excluding hydrogens is 472 g/mol. The van der Waals surface area contributed by atoms with Gasteiger partial charge in [0, 0.05) is 42.6 Å². The number of morpholine rings is 1. The van der Waals surface area contributed by atoms with Crippen molar-refractivity contribution in [3.8, 4) is 17.5 Å². The van der Waals surface area contributed by atoms with Crippen LogP contribution in [0.25, 0.3) is 11.4 Å². The Labute approximate surface area is 204 Å². The van der Waals surface area contributed by atoms with Gasteiger partial charge in [-0.3, -0.25) is 18.9 Å². The van der Waals surface area contributed by atoms with Gasteiger partial charge in [0.05, 0.1) is 6.61 Å². The summed E-state index contributed by atoms with van der Waals surface area (Å²) in [4.78, 5) is 44.8. The second-order valence-electron chi connectivity index (χ2n) is 8.20. The molecule has 2 aromatic carbocycles. The molecule has 2 aliphatic heterocycles. The van der Waals surface area contributed by atoms with Crippen molar-refractivity contribution in [2.75, 3.05) is 30.4 Å². The van der Waals surface area contributed by atoms with E-state index in [9.17, 15) is 19.5 Å². The van der Waals surface area contributed by atoms with E-state index >= 15 is 0 Å². The summed E-state index contributed by atoms with van der Waals surface area (Å²) in [7, 11) is 1.70. The van der Waals surface area contributed by atoms with Crippen molar-refractivity contribution >= 4 is 29.1 Å². The van der Waals surface area contributed by atoms with Crippen molar-refractivity contribution in [1.29, 1.82) is 0 Å². The summed E-state index contributed by atoms with van der Waals surface area (Å²) in [6.07, 6.45) is -3.73. The number of anilines is 2. The fraction of sp³-hybridized carbons (Fsp3) is 0.261. The van der Waals surface area contributed by atoms with E-state index in [1.165, 1.54) is 4.90 Å². The van der Waals surface area contributed by atoms with Gasteiger partial charge in [-0.15, -0.1) is 0 Å². The first-order chi connectivity index (χ1) is 16.8. The van der Waals surface area contributed by atoms with E-state index in [1.807, 2.05) is 0 Å². The monoisotopic (exact) mass is 496 g/mol. The van der Waals surface area contributed by atoms with Gasteiger partial charge >= 0.3 is 6.08 Å². The minimum absolute atomic E-state index is 0. The molecule has 3 amide bonds. The van der Waals surface area contributed by atoms with E-state index < -0.39 is 30.1 Å². The number of rotatable bonds is 5. The molecule has 0 spiro atoms. The Morgan fingerprint density at radius 3 is 2.64 bits per heavy atom. The van der Waals surface area contributed by atoms with Gasteiger partial charge in [-0.2, -0.15) is 4.98 Å². The summed E-state index contributed by atoms with van der Waals surface area (Å²) >= 11 is 0. The number of hydrogen-bond donors (Lipinski definition) is 4. The average Bonchev–Trinajstić information content (AvgIpc) is 3.41. The number of fused-ring (bicyclic) bond motifs is 1. The summed E-state index contributed by atoms with van der Waals surface area (Å²) < 4.78 is 9.96. The van der Waals surface area contributed by atoms with Gasteiger partial charge < -0.3 is 36.2 Å². The van der Waals surface area contributed by atoms with E-state index in [4.69, 9.17) is 9.84 Å². The van der Waals surface area contributed by atoms with Crippen LogP contribution in [0.2, 0.25) is 0 Å². The van der Waals surface area contributed by atoms with E-state index in [0.29, 0.717) is 29.0 Å². The molecule has 1 aromatic heterocycles. The molecule has 0 saturated carbocycles. The van der Waals surface area contributed by atoms with Crippen LogP contribution in [0.1, 0.15) is 15.9 Å². The fourth-order valence-corrected chi connectivity index (χ4v) is 4.08. The zero-order valence-corrected chi connectivity index (χ0v) is 19.2.